The van der Waals surface area contributed by atoms with Gasteiger partial charge in [-0.05, 0) is 25.1 Å². The quantitative estimate of drug-likeness (QED) is 0.707. The lowest BCUT2D eigenvalue weighted by molar-refractivity contribution is -1.04. The fourth-order valence-corrected chi connectivity index (χ4v) is 3.33. The highest BCUT2D eigenvalue weighted by Crippen LogP contribution is 2.24. The Labute approximate surface area is 123 Å². The van der Waals surface area contributed by atoms with Crippen LogP contribution in [-0.4, -0.2) is 23.1 Å². The highest BCUT2D eigenvalue weighted by Gasteiger charge is 2.35. The lowest BCUT2D eigenvalue weighted by atomic mass is 10.2. The number of hydrogen-bond donors (Lipinski definition) is 2. The Bertz CT molecular complexity index is 755. The number of aryl methyl sites for hydroxylation is 1. The van der Waals surface area contributed by atoms with Crippen molar-refractivity contribution in [1.29, 1.82) is 0 Å². The van der Waals surface area contributed by atoms with Gasteiger partial charge in [0, 0.05) is 6.54 Å². The topological polar surface area (TPSA) is 105 Å². The van der Waals surface area contributed by atoms with Crippen molar-refractivity contribution in [3.05, 3.63) is 33.1 Å². The average Bonchev–Trinajstić information content (AvgIpc) is 2.97. The van der Waals surface area contributed by atoms with Gasteiger partial charge in [-0.15, -0.1) is 5.34 Å². The molecule has 1 aromatic carbocycles. The van der Waals surface area contributed by atoms with Crippen molar-refractivity contribution in [3.8, 4) is 0 Å². The third kappa shape index (κ3) is 2.29. The molecule has 3 rings (SSSR count). The van der Waals surface area contributed by atoms with E-state index in [0.717, 1.165) is 21.6 Å². The molecule has 0 spiro atoms. The maximum Gasteiger partial charge on any atom is 0.308 e. The second-order valence-electron chi connectivity index (χ2n) is 4.65. The minimum absolute atomic E-state index is 0.0383. The Kier molecular flexibility index (Phi) is 3.41. The molecule has 3 N–H and O–H groups in total. The molecular weight excluding hydrogens is 296 g/mol. The van der Waals surface area contributed by atoms with Gasteiger partial charge in [-0.3, -0.25) is 14.2 Å². The number of nitrogens with one attached hydrogen (secondary N) is 1. The SMILES string of the molecule is CCn1c(=O)sc2cc(N3C[C@H](C(N)=O)O[NH+]3[O-])ccc21. The first-order chi connectivity index (χ1) is 10.0. The number of rotatable bonds is 3. The Balaban J connectivity index is 1.98. The summed E-state index contributed by atoms with van der Waals surface area (Å²) < 4.78 is 2.45. The zero-order chi connectivity index (χ0) is 15.1. The van der Waals surface area contributed by atoms with Crippen molar-refractivity contribution in [2.45, 2.75) is 19.6 Å². The monoisotopic (exact) mass is 310 g/mol. The standard InChI is InChI=1S/C12H14N4O4S/c1-2-14-8-4-3-7(5-10(8)21-12(14)18)15-6-9(11(13)17)20-16(15)19/h3-5,9,16H,2,6H2,1H3,(H2,13,17)/t9-/m1/s1. The first-order valence-electron chi connectivity index (χ1n) is 6.42. The number of carbonyl (C=O) groups is 1. The van der Waals surface area contributed by atoms with Gasteiger partial charge in [-0.2, -0.15) is 9.85 Å². The Morgan fingerprint density at radius 1 is 1.62 bits per heavy atom. The van der Waals surface area contributed by atoms with Crippen LogP contribution in [0.15, 0.2) is 23.0 Å². The number of fused-ring (bicyclic) bond motifs is 1. The van der Waals surface area contributed by atoms with Crippen LogP contribution in [0.1, 0.15) is 6.92 Å². The molecule has 1 aliphatic rings. The number of benzene rings is 1. The molecule has 0 aliphatic carbocycles. The van der Waals surface area contributed by atoms with Crippen LogP contribution in [0.5, 0.6) is 0 Å². The molecule has 0 saturated carbocycles. The number of carbonyl (C=O) groups excluding carboxylic acids is 1. The summed E-state index contributed by atoms with van der Waals surface area (Å²) in [4.78, 5) is 27.8. The molecule has 2 aromatic rings. The van der Waals surface area contributed by atoms with Crippen molar-refractivity contribution in [2.24, 2.45) is 5.73 Å². The number of hydrogen-bond acceptors (Lipinski definition) is 6. The van der Waals surface area contributed by atoms with Crippen molar-refractivity contribution in [1.82, 2.24) is 4.57 Å². The molecule has 21 heavy (non-hydrogen) atoms. The van der Waals surface area contributed by atoms with Gasteiger partial charge in [0.1, 0.15) is 6.54 Å². The van der Waals surface area contributed by atoms with Crippen molar-refractivity contribution < 1.29 is 15.0 Å². The molecule has 1 amide bonds. The van der Waals surface area contributed by atoms with Crippen molar-refractivity contribution >= 4 is 33.1 Å². The fraction of sp³-hybridized carbons (Fsp3) is 0.333. The van der Waals surface area contributed by atoms with Crippen molar-refractivity contribution in [3.63, 3.8) is 0 Å². The van der Waals surface area contributed by atoms with E-state index in [-0.39, 0.29) is 11.4 Å². The third-order valence-electron chi connectivity index (χ3n) is 3.41. The summed E-state index contributed by atoms with van der Waals surface area (Å²) in [7, 11) is 0. The molecule has 1 saturated heterocycles. The van der Waals surface area contributed by atoms with Gasteiger partial charge in [0.2, 0.25) is 6.10 Å². The van der Waals surface area contributed by atoms with Gasteiger partial charge in [0.25, 0.3) is 5.91 Å². The van der Waals surface area contributed by atoms with Crippen LogP contribution in [0.2, 0.25) is 0 Å². The number of nitrogens with two attached hydrogens (primary N) is 1. The van der Waals surface area contributed by atoms with Gasteiger partial charge in [0.05, 0.1) is 15.9 Å². The highest BCUT2D eigenvalue weighted by molar-refractivity contribution is 7.16. The van der Waals surface area contributed by atoms with Gasteiger partial charge in [-0.25, -0.2) is 0 Å². The smallest absolute Gasteiger partial charge is 0.308 e. The minimum Gasteiger partial charge on any atom is -0.574 e. The number of amides is 1. The molecule has 0 bridgehead atoms. The zero-order valence-electron chi connectivity index (χ0n) is 11.2. The van der Waals surface area contributed by atoms with Crippen LogP contribution < -0.4 is 21.0 Å². The van der Waals surface area contributed by atoms with E-state index in [4.69, 9.17) is 10.6 Å². The maximum atomic E-state index is 11.8. The van der Waals surface area contributed by atoms with Gasteiger partial charge in [-0.1, -0.05) is 11.3 Å². The number of thiazole rings is 1. The van der Waals surface area contributed by atoms with Crippen molar-refractivity contribution in [2.75, 3.05) is 11.6 Å². The molecule has 1 aliphatic heterocycles. The molecule has 1 unspecified atom stereocenters. The molecule has 1 fully saturated rings. The first-order valence-corrected chi connectivity index (χ1v) is 7.23. The second-order valence-corrected chi connectivity index (χ2v) is 5.64. The van der Waals surface area contributed by atoms with Gasteiger partial charge in [0.15, 0.2) is 0 Å². The maximum absolute atomic E-state index is 11.8. The lowest BCUT2D eigenvalue weighted by Gasteiger charge is -2.23. The summed E-state index contributed by atoms with van der Waals surface area (Å²) in [5.41, 5.74) is 6.56. The summed E-state index contributed by atoms with van der Waals surface area (Å²) in [6, 6.07) is 5.26. The van der Waals surface area contributed by atoms with Crippen LogP contribution in [0.25, 0.3) is 10.2 Å². The van der Waals surface area contributed by atoms with E-state index in [1.54, 1.807) is 22.8 Å². The molecule has 9 heteroatoms. The normalized spacial score (nSPS) is 22.1. The average molecular weight is 310 g/mol. The number of aromatic nitrogens is 1. The summed E-state index contributed by atoms with van der Waals surface area (Å²) in [6.45, 7) is 2.58. The van der Waals surface area contributed by atoms with Gasteiger partial charge >= 0.3 is 4.87 Å². The Hall–Kier alpha value is -1.94. The molecule has 1 aromatic heterocycles. The second kappa shape index (κ2) is 5.11. The van der Waals surface area contributed by atoms with Crippen LogP contribution in [0.3, 0.4) is 0 Å². The lowest BCUT2D eigenvalue weighted by Crippen LogP contribution is -3.11. The van der Waals surface area contributed by atoms with Crippen LogP contribution in [-0.2, 0) is 16.2 Å². The van der Waals surface area contributed by atoms with Crippen LogP contribution in [0, 0.1) is 5.21 Å². The molecule has 2 heterocycles. The predicted molar refractivity (Wildman–Crippen MR) is 77.5 cm³/mol. The minimum atomic E-state index is -0.938. The number of quaternary nitrogens is 1. The molecule has 112 valence electrons. The Morgan fingerprint density at radius 2 is 2.38 bits per heavy atom. The van der Waals surface area contributed by atoms with E-state index in [2.05, 4.69) is 0 Å². The number of anilines is 1. The molecular formula is C12H14N4O4S. The predicted octanol–water partition coefficient (Wildman–Crippen LogP) is -1.01. The molecule has 0 radical (unpaired) electrons. The molecule has 2 atom stereocenters. The number of primary amides is 1. The summed E-state index contributed by atoms with van der Waals surface area (Å²) in [6.07, 6.45) is -0.938. The first kappa shape index (κ1) is 14.0. The van der Waals surface area contributed by atoms with Crippen LogP contribution in [0.4, 0.5) is 5.69 Å². The third-order valence-corrected chi connectivity index (χ3v) is 4.35. The molecule has 8 nitrogen and oxygen atoms in total. The van der Waals surface area contributed by atoms with E-state index in [1.807, 2.05) is 6.92 Å². The number of nitrogens with zero attached hydrogens (tertiary/aromatic N) is 2. The van der Waals surface area contributed by atoms with E-state index in [0.29, 0.717) is 12.2 Å². The summed E-state index contributed by atoms with van der Waals surface area (Å²) in [5, 5.41) is 12.5. The van der Waals surface area contributed by atoms with E-state index >= 15 is 0 Å². The largest absolute Gasteiger partial charge is 0.574 e. The van der Waals surface area contributed by atoms with Crippen LogP contribution >= 0.6 is 11.3 Å². The zero-order valence-corrected chi connectivity index (χ0v) is 12.1. The van der Waals surface area contributed by atoms with E-state index < -0.39 is 17.3 Å². The summed E-state index contributed by atoms with van der Waals surface area (Å²) >= 11 is 1.12. The fourth-order valence-electron chi connectivity index (χ4n) is 2.34. The Morgan fingerprint density at radius 3 is 3.00 bits per heavy atom. The summed E-state index contributed by atoms with van der Waals surface area (Å²) in [5.74, 6) is -0.672. The van der Waals surface area contributed by atoms with E-state index in [1.165, 1.54) is 5.01 Å². The van der Waals surface area contributed by atoms with Gasteiger partial charge < -0.3 is 10.9 Å². The van der Waals surface area contributed by atoms with E-state index in [9.17, 15) is 14.8 Å². The highest BCUT2D eigenvalue weighted by atomic mass is 32.1.